The number of aromatic nitrogens is 1. The molecule has 138 valence electrons. The minimum absolute atomic E-state index is 0.0289. The van der Waals surface area contributed by atoms with Crippen LogP contribution in [0.3, 0.4) is 0 Å². The Morgan fingerprint density at radius 2 is 1.88 bits per heavy atom. The van der Waals surface area contributed by atoms with Crippen LogP contribution >= 0.6 is 0 Å². The number of rotatable bonds is 6. The number of methoxy groups -OCH3 is 1. The first kappa shape index (κ1) is 19.3. The Hall–Kier alpha value is -2.98. The lowest BCUT2D eigenvalue weighted by Crippen LogP contribution is -2.31. The molecule has 0 aliphatic heterocycles. The number of hydrogen-bond acceptors (Lipinski definition) is 7. The zero-order valence-electron chi connectivity index (χ0n) is 13.9. The van der Waals surface area contributed by atoms with Gasteiger partial charge in [-0.05, 0) is 29.8 Å². The SMILES string of the molecule is COC(=O)NCc1cc(C(=O)NS(=O)(=O)c2ccc(CN)cc2)ccn1. The number of ether oxygens (including phenoxy) is 1. The van der Waals surface area contributed by atoms with E-state index in [2.05, 4.69) is 15.0 Å². The summed E-state index contributed by atoms with van der Waals surface area (Å²) in [4.78, 5) is 27.3. The highest BCUT2D eigenvalue weighted by molar-refractivity contribution is 7.90. The number of sulfonamides is 1. The molecule has 1 aromatic heterocycles. The Morgan fingerprint density at radius 1 is 1.19 bits per heavy atom. The Balaban J connectivity index is 2.11. The third-order valence-electron chi connectivity index (χ3n) is 3.37. The lowest BCUT2D eigenvalue weighted by molar-refractivity contribution is 0.0981. The fourth-order valence-corrected chi connectivity index (χ4v) is 2.97. The standard InChI is InChI=1S/C16H18N4O5S/c1-25-16(22)19-10-13-8-12(6-7-18-13)15(21)20-26(23,24)14-4-2-11(9-17)3-5-14/h2-8H,9-10,17H2,1H3,(H,19,22)(H,20,21). The van der Waals surface area contributed by atoms with E-state index >= 15 is 0 Å². The summed E-state index contributed by atoms with van der Waals surface area (Å²) < 4.78 is 31.0. The smallest absolute Gasteiger partial charge is 0.407 e. The van der Waals surface area contributed by atoms with E-state index in [9.17, 15) is 18.0 Å². The molecule has 0 bridgehead atoms. The van der Waals surface area contributed by atoms with Gasteiger partial charge in [-0.25, -0.2) is 17.9 Å². The van der Waals surface area contributed by atoms with E-state index in [1.54, 1.807) is 12.1 Å². The number of hydrogen-bond donors (Lipinski definition) is 3. The fourth-order valence-electron chi connectivity index (χ4n) is 2.00. The van der Waals surface area contributed by atoms with Gasteiger partial charge in [0, 0.05) is 18.3 Å². The van der Waals surface area contributed by atoms with Crippen molar-refractivity contribution < 1.29 is 22.7 Å². The van der Waals surface area contributed by atoms with E-state index in [-0.39, 0.29) is 23.5 Å². The zero-order chi connectivity index (χ0) is 19.2. The van der Waals surface area contributed by atoms with Gasteiger partial charge < -0.3 is 15.8 Å². The molecule has 0 spiro atoms. The Morgan fingerprint density at radius 3 is 2.50 bits per heavy atom. The average Bonchev–Trinajstić information content (AvgIpc) is 2.66. The number of carbonyl (C=O) groups excluding carboxylic acids is 2. The number of nitrogens with zero attached hydrogens (tertiary/aromatic N) is 1. The van der Waals surface area contributed by atoms with Crippen LogP contribution < -0.4 is 15.8 Å². The van der Waals surface area contributed by atoms with Gasteiger partial charge in [0.15, 0.2) is 0 Å². The number of pyridine rings is 1. The van der Waals surface area contributed by atoms with E-state index in [1.807, 2.05) is 4.72 Å². The number of nitrogens with two attached hydrogens (primary N) is 1. The summed E-state index contributed by atoms with van der Waals surface area (Å²) in [6, 6.07) is 8.62. The third kappa shape index (κ3) is 5.01. The topological polar surface area (TPSA) is 140 Å². The summed E-state index contributed by atoms with van der Waals surface area (Å²) in [6.45, 7) is 0.313. The minimum atomic E-state index is -4.03. The first-order valence-corrected chi connectivity index (χ1v) is 8.97. The van der Waals surface area contributed by atoms with E-state index in [4.69, 9.17) is 5.73 Å². The maximum Gasteiger partial charge on any atom is 0.407 e. The van der Waals surface area contributed by atoms with Crippen molar-refractivity contribution >= 4 is 22.0 Å². The van der Waals surface area contributed by atoms with Gasteiger partial charge in [-0.1, -0.05) is 12.1 Å². The fraction of sp³-hybridized carbons (Fsp3) is 0.188. The third-order valence-corrected chi connectivity index (χ3v) is 4.72. The molecule has 9 nitrogen and oxygen atoms in total. The monoisotopic (exact) mass is 378 g/mol. The number of alkyl carbamates (subject to hydrolysis) is 1. The van der Waals surface area contributed by atoms with Gasteiger partial charge >= 0.3 is 6.09 Å². The largest absolute Gasteiger partial charge is 0.453 e. The van der Waals surface area contributed by atoms with E-state index in [0.717, 1.165) is 5.56 Å². The van der Waals surface area contributed by atoms with Gasteiger partial charge in [0.25, 0.3) is 15.9 Å². The molecule has 0 unspecified atom stereocenters. The molecule has 0 aliphatic rings. The molecule has 1 heterocycles. The molecular formula is C16H18N4O5S. The summed E-state index contributed by atoms with van der Waals surface area (Å²) in [5, 5.41) is 2.42. The summed E-state index contributed by atoms with van der Waals surface area (Å²) in [6.07, 6.45) is 0.691. The first-order chi connectivity index (χ1) is 12.4. The van der Waals surface area contributed by atoms with Crippen molar-refractivity contribution in [3.8, 4) is 0 Å². The summed E-state index contributed by atoms with van der Waals surface area (Å²) >= 11 is 0. The number of benzene rings is 1. The predicted molar refractivity (Wildman–Crippen MR) is 92.5 cm³/mol. The van der Waals surface area contributed by atoms with Gasteiger partial charge in [-0.3, -0.25) is 9.78 Å². The lowest BCUT2D eigenvalue weighted by atomic mass is 10.2. The molecular weight excluding hydrogens is 360 g/mol. The van der Waals surface area contributed by atoms with Crippen LogP contribution in [0.4, 0.5) is 4.79 Å². The van der Waals surface area contributed by atoms with Gasteiger partial charge in [0.2, 0.25) is 0 Å². The van der Waals surface area contributed by atoms with Gasteiger partial charge in [0.1, 0.15) is 0 Å². The van der Waals surface area contributed by atoms with Crippen LogP contribution in [0.25, 0.3) is 0 Å². The molecule has 2 rings (SSSR count). The predicted octanol–water partition coefficient (Wildman–Crippen LogP) is 0.515. The van der Waals surface area contributed by atoms with Gasteiger partial charge in [-0.15, -0.1) is 0 Å². The maximum absolute atomic E-state index is 12.3. The summed E-state index contributed by atoms with van der Waals surface area (Å²) in [5.74, 6) is -0.811. The second-order valence-corrected chi connectivity index (χ2v) is 6.85. The van der Waals surface area contributed by atoms with Crippen molar-refractivity contribution in [2.45, 2.75) is 18.0 Å². The Labute approximate surface area is 150 Å². The van der Waals surface area contributed by atoms with Crippen molar-refractivity contribution in [2.24, 2.45) is 5.73 Å². The molecule has 0 atom stereocenters. The summed E-state index contributed by atoms with van der Waals surface area (Å²) in [5.41, 5.74) is 6.70. The highest BCUT2D eigenvalue weighted by Gasteiger charge is 2.19. The molecule has 2 aromatic rings. The minimum Gasteiger partial charge on any atom is -0.453 e. The molecule has 0 saturated carbocycles. The van der Waals surface area contributed by atoms with Crippen molar-refractivity contribution in [1.29, 1.82) is 0 Å². The molecule has 2 amide bonds. The van der Waals surface area contributed by atoms with Gasteiger partial charge in [-0.2, -0.15) is 0 Å². The molecule has 26 heavy (non-hydrogen) atoms. The Kier molecular flexibility index (Phi) is 6.26. The molecule has 10 heteroatoms. The van der Waals surface area contributed by atoms with Crippen molar-refractivity contribution in [2.75, 3.05) is 7.11 Å². The maximum atomic E-state index is 12.3. The molecule has 0 fully saturated rings. The van der Waals surface area contributed by atoms with Crippen LogP contribution in [-0.2, 0) is 27.8 Å². The molecule has 0 aliphatic carbocycles. The molecule has 4 N–H and O–H groups in total. The number of carbonyl (C=O) groups is 2. The Bertz CT molecular complexity index is 897. The normalized spacial score (nSPS) is 10.8. The van der Waals surface area contributed by atoms with Crippen LogP contribution in [0.5, 0.6) is 0 Å². The van der Waals surface area contributed by atoms with E-state index in [0.29, 0.717) is 5.69 Å². The van der Waals surface area contributed by atoms with Gasteiger partial charge in [0.05, 0.1) is 24.2 Å². The quantitative estimate of drug-likeness (QED) is 0.665. The van der Waals surface area contributed by atoms with Crippen LogP contribution in [0.2, 0.25) is 0 Å². The first-order valence-electron chi connectivity index (χ1n) is 7.48. The average molecular weight is 378 g/mol. The van der Waals surface area contributed by atoms with E-state index in [1.165, 1.54) is 37.6 Å². The lowest BCUT2D eigenvalue weighted by Gasteiger charge is -2.09. The molecule has 0 radical (unpaired) electrons. The van der Waals surface area contributed by atoms with Crippen LogP contribution in [0.15, 0.2) is 47.5 Å². The number of amides is 2. The highest BCUT2D eigenvalue weighted by Crippen LogP contribution is 2.11. The molecule has 0 saturated heterocycles. The zero-order valence-corrected chi connectivity index (χ0v) is 14.7. The van der Waals surface area contributed by atoms with Crippen molar-refractivity contribution in [3.63, 3.8) is 0 Å². The highest BCUT2D eigenvalue weighted by atomic mass is 32.2. The van der Waals surface area contributed by atoms with Crippen LogP contribution in [-0.4, -0.2) is 32.5 Å². The summed E-state index contributed by atoms with van der Waals surface area (Å²) in [7, 11) is -2.81. The number of nitrogens with one attached hydrogen (secondary N) is 2. The van der Waals surface area contributed by atoms with Crippen LogP contribution in [0, 0.1) is 0 Å². The van der Waals surface area contributed by atoms with E-state index < -0.39 is 22.0 Å². The molecule has 1 aromatic carbocycles. The van der Waals surface area contributed by atoms with Crippen molar-refractivity contribution in [1.82, 2.24) is 15.0 Å². The second-order valence-electron chi connectivity index (χ2n) is 5.16. The second kappa shape index (κ2) is 8.41. The van der Waals surface area contributed by atoms with Crippen molar-refractivity contribution in [3.05, 3.63) is 59.4 Å². The van der Waals surface area contributed by atoms with Crippen LogP contribution in [0.1, 0.15) is 21.6 Å².